The number of carbonyl (C=O) groups excluding carboxylic acids is 2. The number of methoxy groups -OCH3 is 2. The van der Waals surface area contributed by atoms with Crippen LogP contribution in [0.4, 0.5) is 8.78 Å². The van der Waals surface area contributed by atoms with E-state index in [0.29, 0.717) is 26.5 Å². The molecule has 0 bridgehead atoms. The molecule has 10 rings (SSSR count). The molecular formula is C75H95F2N12O27P3S2. The normalized spacial score (nSPS) is 25.2. The number of ether oxygens (including phenoxy) is 8. The number of aliphatic hydroxyl groups is 1. The van der Waals surface area contributed by atoms with Crippen molar-refractivity contribution < 1.29 is 97.6 Å². The van der Waals surface area contributed by atoms with Gasteiger partial charge in [0, 0.05) is 85.5 Å². The molecule has 19 atom stereocenters. The summed E-state index contributed by atoms with van der Waals surface area (Å²) in [4.78, 5) is 145. The first-order valence-electron chi connectivity index (χ1n) is 38.2. The Morgan fingerprint density at radius 3 is 1.34 bits per heavy atom. The molecule has 0 saturated carbocycles. The number of rotatable bonds is 40. The first-order valence-corrected chi connectivity index (χ1v) is 44.4. The molecule has 4 aliphatic heterocycles. The molecule has 39 nitrogen and oxygen atoms in total. The van der Waals surface area contributed by atoms with Crippen LogP contribution in [0.15, 0.2) is 136 Å². The first kappa shape index (κ1) is 96.7. The van der Waals surface area contributed by atoms with E-state index in [0.717, 1.165) is 33.7 Å². The molecule has 658 valence electrons. The zero-order valence-corrected chi connectivity index (χ0v) is 71.8. The van der Waals surface area contributed by atoms with Crippen molar-refractivity contribution in [3.8, 4) is 0 Å². The van der Waals surface area contributed by atoms with Gasteiger partial charge >= 0.3 is 36.2 Å². The molecule has 0 radical (unpaired) electrons. The molecule has 6 aromatic rings. The molecule has 4 aromatic heterocycles. The van der Waals surface area contributed by atoms with Gasteiger partial charge in [0.15, 0.2) is 37.3 Å². The quantitative estimate of drug-likeness (QED) is 0.0246. The number of hydrogen-bond acceptors (Lipinski definition) is 30. The molecule has 4 fully saturated rings. The van der Waals surface area contributed by atoms with Gasteiger partial charge in [0.25, 0.3) is 42.6 Å². The van der Waals surface area contributed by atoms with Crippen molar-refractivity contribution in [2.45, 2.75) is 179 Å². The highest BCUT2D eigenvalue weighted by Gasteiger charge is 2.55. The van der Waals surface area contributed by atoms with Gasteiger partial charge < -0.3 is 84.7 Å². The van der Waals surface area contributed by atoms with Crippen LogP contribution in [0, 0.1) is 33.6 Å². The maximum atomic E-state index is 17.4. The van der Waals surface area contributed by atoms with Crippen molar-refractivity contribution in [1.82, 2.24) is 42.0 Å². The number of aliphatic hydroxyl groups excluding tert-OH is 1. The van der Waals surface area contributed by atoms with Gasteiger partial charge in [-0.1, -0.05) is 50.2 Å². The molecular weight excluding hydrogens is 1700 g/mol. The summed E-state index contributed by atoms with van der Waals surface area (Å²) >= 11 is 11.7. The van der Waals surface area contributed by atoms with Gasteiger partial charge in [0.1, 0.15) is 68.7 Å². The number of halogens is 2. The number of aryl methyl sites for hydroxylation is 2. The minimum atomic E-state index is -4.07. The van der Waals surface area contributed by atoms with Gasteiger partial charge in [0.2, 0.25) is 19.6 Å². The summed E-state index contributed by atoms with van der Waals surface area (Å²) in [5.74, 6) is -1.90. The number of aromatic nitrogens is 8. The molecule has 0 aliphatic carbocycles. The van der Waals surface area contributed by atoms with E-state index in [1.54, 1.807) is 50.2 Å². The van der Waals surface area contributed by atoms with Crippen LogP contribution < -0.4 is 45.0 Å². The molecule has 8 heterocycles. The predicted octanol–water partition coefficient (Wildman–Crippen LogP) is 5.42. The topological polar surface area (TPSA) is 416 Å². The van der Waals surface area contributed by atoms with Gasteiger partial charge in [-0.25, -0.2) is 52.3 Å². The van der Waals surface area contributed by atoms with Crippen LogP contribution >= 0.6 is 22.0 Å². The van der Waals surface area contributed by atoms with E-state index < -0.39 is 190 Å². The van der Waals surface area contributed by atoms with Gasteiger partial charge in [-0.05, 0) is 102 Å². The summed E-state index contributed by atoms with van der Waals surface area (Å²) in [7, 11) is 0.806. The second-order valence-electron chi connectivity index (χ2n) is 27.9. The van der Waals surface area contributed by atoms with Crippen molar-refractivity contribution in [1.29, 1.82) is 0 Å². The molecule has 3 N–H and O–H groups in total. The average Bonchev–Trinajstić information content (AvgIpc) is 1.68. The summed E-state index contributed by atoms with van der Waals surface area (Å²) in [5, 5.41) is 10.9. The van der Waals surface area contributed by atoms with Gasteiger partial charge in [-0.15, -0.1) is 0 Å². The van der Waals surface area contributed by atoms with Crippen LogP contribution in [-0.2, 0) is 97.7 Å². The van der Waals surface area contributed by atoms with Crippen LogP contribution in [0.1, 0.15) is 111 Å². The highest BCUT2D eigenvalue weighted by Crippen LogP contribution is 2.57. The number of hydrogen-bond donors (Lipinski definition) is 3. The second-order valence-corrected chi connectivity index (χ2v) is 35.3. The number of nitrogens with one attached hydrogen (secondary N) is 2. The first-order chi connectivity index (χ1) is 57.8. The minimum absolute atomic E-state index is 0.0132. The van der Waals surface area contributed by atoms with Crippen LogP contribution in [0.5, 0.6) is 0 Å². The SMILES string of the molecule is [C-]#[N+]CCOP(=S)(OC[C@H]1O[C@@H](n2ccc(=O)n(C(=O)c3ccccc3)c2=O)[C@@H](F)C1O)OC1[C@@H](CC)O[C@@H](n2cc(C)c(=O)[nH]c2=O)[C@H]1OCCOC.[C-]#[N+]CCOP(OC1[C@@H](COP(=S)(OCC[N+]#[C-])OC2[C@@H](CC)O[C@@H](n3cc(C)c(=O)[nH]c3=O)[C@H]2OCCOC)O[C@@H](n2ccc(=O)n(C(=O)c3ccccc3)c2=O)[C@H]1F)N(C(C)C)C(C)C. The van der Waals surface area contributed by atoms with Gasteiger partial charge in [0.05, 0.1) is 51.8 Å². The Kier molecular flexibility index (Phi) is 35.9. The standard InChI is InChI=1S/C42H56FN7O14P2S.C33H39FN5O13PS/c1-10-30-35(36(57-23-22-56-9)40(61-30)48-24-28(6)37(52)46-41(48)54)64-66(67,59-21-18-45-8)60-25-31-34(63-65(58-20-17-44-7)50(26(2)3)27(4)5)33(43)39(62-31)47-19-16-32(51)49(42(47)55)38(53)29-14-12-11-13-15-29;1-5-21-26(27(47-16-15-46-4)31(50-21)38-17-19(2)28(42)36-32(38)44)52-53(54,48-14-12-35-3)49-18-22-25(41)24(34)30(51-22)37-13-11-23(40)39(33(37)45)29(43)20-9-7-6-8-10-20/h11-16,19,24,26-27,30-31,33-36,39-40H,10,17-18,20-23,25H2,1-6,9H3,(H,46,52,54);6-11,13,17,21-22,24-27,30-31,41H,5,12,14-16,18H2,1-2,4H3,(H,36,42,44)/t30-,31-,33+,34?,35?,36+,39-,40-,65?,66?;21-,22-,24+,25?,26?,27+,30-,31-,53?/m11/s1. The Morgan fingerprint density at radius 1 is 0.537 bits per heavy atom. The molecule has 7 unspecified atom stereocenters. The number of alkyl halides is 2. The lowest BCUT2D eigenvalue weighted by Gasteiger charge is -2.37. The van der Waals surface area contributed by atoms with E-state index in [-0.39, 0.29) is 100 Å². The monoisotopic (exact) mass is 1790 g/mol. The molecule has 4 aliphatic rings. The number of H-pyrrole nitrogens is 2. The van der Waals surface area contributed by atoms with Crippen molar-refractivity contribution in [3.63, 3.8) is 0 Å². The van der Waals surface area contributed by atoms with Crippen molar-refractivity contribution in [2.75, 3.05) is 93.3 Å². The zero-order chi connectivity index (χ0) is 88.2. The minimum Gasteiger partial charge on any atom is -0.387 e. The predicted molar refractivity (Wildman–Crippen MR) is 436 cm³/mol. The Labute approximate surface area is 702 Å². The third kappa shape index (κ3) is 23.7. The fourth-order valence-corrected chi connectivity index (χ4v) is 19.2. The Bertz CT molecular complexity index is 5270. The maximum Gasteiger partial charge on any atom is 0.340 e. The summed E-state index contributed by atoms with van der Waals surface area (Å²) in [6, 6.07) is 16.6. The fourth-order valence-electron chi connectivity index (χ4n) is 13.2. The molecule has 2 aromatic carbocycles. The molecule has 0 spiro atoms. The molecule has 121 heavy (non-hydrogen) atoms. The molecule has 46 heteroatoms. The van der Waals surface area contributed by atoms with E-state index in [1.807, 2.05) is 32.4 Å². The Morgan fingerprint density at radius 2 is 0.934 bits per heavy atom. The number of aromatic amines is 2. The van der Waals surface area contributed by atoms with Crippen molar-refractivity contribution >= 4 is 57.4 Å². The number of nitrogens with zero attached hydrogens (tertiary/aromatic N) is 10. The molecule has 0 amide bonds. The van der Waals surface area contributed by atoms with Crippen LogP contribution in [0.2, 0.25) is 0 Å². The number of carbonyl (C=O) groups is 2. The summed E-state index contributed by atoms with van der Waals surface area (Å²) < 4.78 is 136. The average molecular weight is 1790 g/mol. The lowest BCUT2D eigenvalue weighted by Crippen LogP contribution is -2.45. The zero-order valence-electron chi connectivity index (χ0n) is 67.5. The summed E-state index contributed by atoms with van der Waals surface area (Å²) in [5.41, 5.74) is -6.50. The third-order valence-electron chi connectivity index (χ3n) is 19.1. The van der Waals surface area contributed by atoms with Crippen molar-refractivity contribution in [2.24, 2.45) is 0 Å². The summed E-state index contributed by atoms with van der Waals surface area (Å²) in [6.45, 7) is 26.2. The van der Waals surface area contributed by atoms with Gasteiger partial charge in [-0.2, -0.15) is 9.13 Å². The lowest BCUT2D eigenvalue weighted by atomic mass is 10.1. The fraction of sp³-hybridized carbons (Fsp3) is 0.560. The van der Waals surface area contributed by atoms with E-state index in [2.05, 4.69) is 24.5 Å². The highest BCUT2D eigenvalue weighted by molar-refractivity contribution is 8.07. The largest absolute Gasteiger partial charge is 0.387 e. The second kappa shape index (κ2) is 44.9. The maximum absolute atomic E-state index is 17.4. The van der Waals surface area contributed by atoms with E-state index >= 15 is 8.78 Å². The Hall–Kier alpha value is -8.16. The van der Waals surface area contributed by atoms with Gasteiger partial charge in [-0.3, -0.25) is 66.1 Å². The van der Waals surface area contributed by atoms with Crippen LogP contribution in [0.3, 0.4) is 0 Å². The third-order valence-corrected chi connectivity index (χ3v) is 25.9. The van der Waals surface area contributed by atoms with Crippen LogP contribution in [-0.4, -0.2) is 238 Å². The number of benzene rings is 2. The van der Waals surface area contributed by atoms with E-state index in [9.17, 15) is 53.1 Å². The van der Waals surface area contributed by atoms with E-state index in [1.165, 1.54) is 69.3 Å². The smallest absolute Gasteiger partial charge is 0.340 e. The molecule has 4 saturated heterocycles. The lowest BCUT2D eigenvalue weighted by molar-refractivity contribution is -0.0801. The van der Waals surface area contributed by atoms with Crippen molar-refractivity contribution in [3.05, 3.63) is 237 Å². The highest BCUT2D eigenvalue weighted by atomic mass is 32.5. The Balaban J connectivity index is 0.000000281. The summed E-state index contributed by atoms with van der Waals surface area (Å²) in [6.07, 6.45) is -17.3. The van der Waals surface area contributed by atoms with Crippen LogP contribution in [0.25, 0.3) is 14.5 Å². The van der Waals surface area contributed by atoms with E-state index in [4.69, 9.17) is 117 Å².